The number of benzene rings is 2. The van der Waals surface area contributed by atoms with Crippen molar-refractivity contribution in [2.45, 2.75) is 45.8 Å². The quantitative estimate of drug-likeness (QED) is 0.619. The van der Waals surface area contributed by atoms with Crippen LogP contribution in [0.3, 0.4) is 0 Å². The molecule has 4 rings (SSSR count). The fourth-order valence-electron chi connectivity index (χ4n) is 3.72. The molecule has 1 aromatic heterocycles. The van der Waals surface area contributed by atoms with Crippen molar-refractivity contribution >= 4 is 34.3 Å². The number of carbonyl (C=O) groups excluding carboxylic acids is 2. The first-order valence-corrected chi connectivity index (χ1v) is 10.0. The van der Waals surface area contributed by atoms with Crippen LogP contribution in [0.1, 0.15) is 58.7 Å². The molecular weight excluding hydrogens is 390 g/mol. The number of rotatable bonds is 4. The van der Waals surface area contributed by atoms with Gasteiger partial charge in [-0.2, -0.15) is 0 Å². The Morgan fingerprint density at radius 2 is 2.00 bits per heavy atom. The molecule has 6 heteroatoms. The van der Waals surface area contributed by atoms with Gasteiger partial charge in [0.15, 0.2) is 11.5 Å². The number of ketones is 1. The lowest BCUT2D eigenvalue weighted by Gasteiger charge is -2.34. The molecule has 2 aromatic carbocycles. The minimum Gasteiger partial charge on any atom is -0.486 e. The number of Topliss-reactive ketones (excluding diaryl/α,β-unsaturated/α-hetero) is 1. The summed E-state index contributed by atoms with van der Waals surface area (Å²) in [5.74, 6) is 0.394. The Bertz CT molecular complexity index is 1130. The molecule has 0 unspecified atom stereocenters. The third-order valence-corrected chi connectivity index (χ3v) is 5.95. The summed E-state index contributed by atoms with van der Waals surface area (Å²) >= 11 is 6.15. The average molecular weight is 412 g/mol. The van der Waals surface area contributed by atoms with Gasteiger partial charge in [0.05, 0.1) is 12.0 Å². The zero-order valence-electron chi connectivity index (χ0n) is 16.6. The topological polar surface area (TPSA) is 68.5 Å². The summed E-state index contributed by atoms with van der Waals surface area (Å²) in [4.78, 5) is 25.7. The van der Waals surface area contributed by atoms with E-state index in [1.165, 1.54) is 0 Å². The number of hydrogen-bond donors (Lipinski definition) is 1. The number of amides is 1. The van der Waals surface area contributed by atoms with Crippen molar-refractivity contribution in [2.24, 2.45) is 0 Å². The van der Waals surface area contributed by atoms with E-state index in [0.717, 1.165) is 12.0 Å². The fourth-order valence-corrected chi connectivity index (χ4v) is 3.93. The van der Waals surface area contributed by atoms with Gasteiger partial charge in [0.1, 0.15) is 16.9 Å². The van der Waals surface area contributed by atoms with E-state index in [-0.39, 0.29) is 24.0 Å². The molecule has 0 radical (unpaired) electrons. The van der Waals surface area contributed by atoms with Crippen LogP contribution in [0, 0.1) is 6.92 Å². The SMILES string of the molecule is CC[C@]1(C)CC(=O)c2c(ccc3oc(C(=O)NCc4ccccc4Cl)c(C)c23)O1. The van der Waals surface area contributed by atoms with E-state index in [1.807, 2.05) is 32.0 Å². The molecule has 1 atom stereocenters. The van der Waals surface area contributed by atoms with Crippen molar-refractivity contribution in [3.63, 3.8) is 0 Å². The Morgan fingerprint density at radius 3 is 2.72 bits per heavy atom. The van der Waals surface area contributed by atoms with Gasteiger partial charge >= 0.3 is 0 Å². The van der Waals surface area contributed by atoms with Crippen molar-refractivity contribution in [3.05, 3.63) is 63.9 Å². The third-order valence-electron chi connectivity index (χ3n) is 5.58. The zero-order valence-corrected chi connectivity index (χ0v) is 17.4. The van der Waals surface area contributed by atoms with Crippen molar-refractivity contribution in [1.29, 1.82) is 0 Å². The maximum atomic E-state index is 12.9. The molecular formula is C23H22ClNO4. The third kappa shape index (κ3) is 3.40. The van der Waals surface area contributed by atoms with Crippen molar-refractivity contribution in [1.82, 2.24) is 5.32 Å². The Hall–Kier alpha value is -2.79. The van der Waals surface area contributed by atoms with Gasteiger partial charge in [-0.05, 0) is 44.0 Å². The summed E-state index contributed by atoms with van der Waals surface area (Å²) in [5.41, 5.74) is 1.94. The van der Waals surface area contributed by atoms with Gasteiger partial charge in [-0.25, -0.2) is 0 Å². The largest absolute Gasteiger partial charge is 0.486 e. The zero-order chi connectivity index (χ0) is 20.8. The second-order valence-corrected chi connectivity index (χ2v) is 8.05. The van der Waals surface area contributed by atoms with Gasteiger partial charge in [0.25, 0.3) is 5.91 Å². The molecule has 3 aromatic rings. The van der Waals surface area contributed by atoms with Gasteiger partial charge in [0.2, 0.25) is 0 Å². The lowest BCUT2D eigenvalue weighted by atomic mass is 9.87. The Kier molecular flexibility index (Phi) is 4.87. The number of hydrogen-bond acceptors (Lipinski definition) is 4. The first kappa shape index (κ1) is 19.5. The molecule has 5 nitrogen and oxygen atoms in total. The molecule has 1 aliphatic rings. The molecule has 0 aliphatic carbocycles. The molecule has 1 amide bonds. The molecule has 0 saturated heterocycles. The van der Waals surface area contributed by atoms with Gasteiger partial charge in [0, 0.05) is 22.5 Å². The van der Waals surface area contributed by atoms with Crippen LogP contribution >= 0.6 is 11.6 Å². The minimum atomic E-state index is -0.509. The van der Waals surface area contributed by atoms with E-state index in [4.69, 9.17) is 20.8 Å². The molecule has 0 spiro atoms. The van der Waals surface area contributed by atoms with Crippen molar-refractivity contribution in [2.75, 3.05) is 0 Å². The highest BCUT2D eigenvalue weighted by atomic mass is 35.5. The predicted molar refractivity (Wildman–Crippen MR) is 112 cm³/mol. The summed E-state index contributed by atoms with van der Waals surface area (Å²) in [6.07, 6.45) is 1.03. The molecule has 0 fully saturated rings. The number of ether oxygens (including phenoxy) is 1. The monoisotopic (exact) mass is 411 g/mol. The number of nitrogens with one attached hydrogen (secondary N) is 1. The summed E-state index contributed by atoms with van der Waals surface area (Å²) < 4.78 is 11.9. The van der Waals surface area contributed by atoms with Gasteiger partial charge < -0.3 is 14.5 Å². The van der Waals surface area contributed by atoms with Gasteiger partial charge in [-0.3, -0.25) is 9.59 Å². The van der Waals surface area contributed by atoms with Crippen LogP contribution in [-0.4, -0.2) is 17.3 Å². The first-order chi connectivity index (χ1) is 13.8. The molecule has 1 N–H and O–H groups in total. The Labute approximate surface area is 174 Å². The second kappa shape index (κ2) is 7.23. The number of carbonyl (C=O) groups is 2. The summed E-state index contributed by atoms with van der Waals surface area (Å²) in [6, 6.07) is 10.8. The molecule has 1 aliphatic heterocycles. The van der Waals surface area contributed by atoms with Crippen LogP contribution in [-0.2, 0) is 6.54 Å². The molecule has 29 heavy (non-hydrogen) atoms. The van der Waals surface area contributed by atoms with Crippen LogP contribution in [0.2, 0.25) is 5.02 Å². The number of fused-ring (bicyclic) bond motifs is 3. The van der Waals surface area contributed by atoms with E-state index in [9.17, 15) is 9.59 Å². The highest BCUT2D eigenvalue weighted by Gasteiger charge is 2.37. The van der Waals surface area contributed by atoms with Crippen LogP contribution in [0.25, 0.3) is 11.0 Å². The number of furan rings is 1. The maximum Gasteiger partial charge on any atom is 0.287 e. The minimum absolute atomic E-state index is 0.00752. The lowest BCUT2D eigenvalue weighted by Crippen LogP contribution is -2.38. The highest BCUT2D eigenvalue weighted by molar-refractivity contribution is 6.31. The number of aryl methyl sites for hydroxylation is 1. The first-order valence-electron chi connectivity index (χ1n) is 9.63. The van der Waals surface area contributed by atoms with Gasteiger partial charge in [-0.1, -0.05) is 36.7 Å². The van der Waals surface area contributed by atoms with E-state index >= 15 is 0 Å². The summed E-state index contributed by atoms with van der Waals surface area (Å²) in [7, 11) is 0. The normalized spacial score (nSPS) is 18.4. The van der Waals surface area contributed by atoms with E-state index < -0.39 is 5.60 Å². The molecule has 150 valence electrons. The van der Waals surface area contributed by atoms with Crippen LogP contribution in [0.5, 0.6) is 5.75 Å². The predicted octanol–water partition coefficient (Wildman–Crippen LogP) is 5.46. The highest BCUT2D eigenvalue weighted by Crippen LogP contribution is 2.41. The van der Waals surface area contributed by atoms with E-state index in [2.05, 4.69) is 5.32 Å². The Balaban J connectivity index is 1.68. The Morgan fingerprint density at radius 1 is 1.24 bits per heavy atom. The van der Waals surface area contributed by atoms with Crippen molar-refractivity contribution < 1.29 is 18.7 Å². The fraction of sp³-hybridized carbons (Fsp3) is 0.304. The van der Waals surface area contributed by atoms with E-state index in [1.54, 1.807) is 25.1 Å². The van der Waals surface area contributed by atoms with Crippen LogP contribution in [0.4, 0.5) is 0 Å². The standard InChI is InChI=1S/C23H22ClNO4/c1-4-23(3)11-16(26)20-18(29-23)10-9-17-19(20)13(2)21(28-17)22(27)25-12-14-7-5-6-8-15(14)24/h5-10H,4,11-12H2,1-3H3,(H,25,27)/t23-/m1/s1. The van der Waals surface area contributed by atoms with Crippen molar-refractivity contribution in [3.8, 4) is 5.75 Å². The van der Waals surface area contributed by atoms with E-state index in [0.29, 0.717) is 39.3 Å². The number of halogens is 1. The summed E-state index contributed by atoms with van der Waals surface area (Å²) in [6.45, 7) is 6.01. The molecule has 0 bridgehead atoms. The second-order valence-electron chi connectivity index (χ2n) is 7.65. The van der Waals surface area contributed by atoms with Gasteiger partial charge in [-0.15, -0.1) is 0 Å². The summed E-state index contributed by atoms with van der Waals surface area (Å²) in [5, 5.41) is 4.07. The average Bonchev–Trinajstić information content (AvgIpc) is 3.03. The maximum absolute atomic E-state index is 12.9. The lowest BCUT2D eigenvalue weighted by molar-refractivity contribution is 0.0503. The molecule has 0 saturated carbocycles. The smallest absolute Gasteiger partial charge is 0.287 e. The van der Waals surface area contributed by atoms with Crippen LogP contribution in [0.15, 0.2) is 40.8 Å². The molecule has 2 heterocycles. The van der Waals surface area contributed by atoms with Crippen LogP contribution < -0.4 is 10.1 Å².